The van der Waals surface area contributed by atoms with Crippen LogP contribution >= 0.6 is 0 Å². The molecule has 6 heteroatoms. The zero-order valence-electron chi connectivity index (χ0n) is 14.9. The molecule has 0 saturated carbocycles. The number of hydrogen-bond acceptors (Lipinski definition) is 4. The van der Waals surface area contributed by atoms with Gasteiger partial charge in [0.1, 0.15) is 18.2 Å². The standard InChI is InChI=1S/C22H18FNO4/c23-18-5-4-8-20(13-18)27-15-21(25)28-14-16-9-11-17(12-10-16)22(26)24-19-6-2-1-3-7-19/h1-13H,14-15H2,(H,24,26). The van der Waals surface area contributed by atoms with Gasteiger partial charge in [0.2, 0.25) is 0 Å². The molecule has 0 atom stereocenters. The highest BCUT2D eigenvalue weighted by atomic mass is 19.1. The molecule has 1 N–H and O–H groups in total. The van der Waals surface area contributed by atoms with Crippen molar-refractivity contribution in [1.82, 2.24) is 0 Å². The SMILES string of the molecule is O=C(COc1cccc(F)c1)OCc1ccc(C(=O)Nc2ccccc2)cc1. The number of benzene rings is 3. The van der Waals surface area contributed by atoms with Gasteiger partial charge in [0.15, 0.2) is 6.61 Å². The molecule has 3 aromatic carbocycles. The highest BCUT2D eigenvalue weighted by molar-refractivity contribution is 6.04. The monoisotopic (exact) mass is 379 g/mol. The zero-order chi connectivity index (χ0) is 19.8. The first-order chi connectivity index (χ1) is 13.6. The normalized spacial score (nSPS) is 10.2. The minimum atomic E-state index is -0.574. The minimum absolute atomic E-state index is 0.0475. The zero-order valence-corrected chi connectivity index (χ0v) is 14.9. The molecule has 5 nitrogen and oxygen atoms in total. The summed E-state index contributed by atoms with van der Waals surface area (Å²) >= 11 is 0. The molecule has 0 aliphatic rings. The molecular weight excluding hydrogens is 361 g/mol. The first-order valence-corrected chi connectivity index (χ1v) is 8.59. The third-order valence-corrected chi connectivity index (χ3v) is 3.80. The number of amides is 1. The average molecular weight is 379 g/mol. The molecular formula is C22H18FNO4. The molecule has 0 saturated heterocycles. The van der Waals surface area contributed by atoms with Crippen LogP contribution in [-0.2, 0) is 16.1 Å². The maximum Gasteiger partial charge on any atom is 0.344 e. The summed E-state index contributed by atoms with van der Waals surface area (Å²) in [4.78, 5) is 23.9. The van der Waals surface area contributed by atoms with Crippen molar-refractivity contribution in [3.63, 3.8) is 0 Å². The molecule has 142 valence electrons. The van der Waals surface area contributed by atoms with E-state index in [1.54, 1.807) is 42.5 Å². The van der Waals surface area contributed by atoms with Crippen molar-refractivity contribution in [3.8, 4) is 5.75 Å². The number of halogens is 1. The van der Waals surface area contributed by atoms with Crippen molar-refractivity contribution < 1.29 is 23.5 Å². The summed E-state index contributed by atoms with van der Waals surface area (Å²) in [5.41, 5.74) is 1.94. The summed E-state index contributed by atoms with van der Waals surface area (Å²) in [6.45, 7) is -0.271. The van der Waals surface area contributed by atoms with Gasteiger partial charge in [-0.3, -0.25) is 4.79 Å². The van der Waals surface area contributed by atoms with E-state index in [4.69, 9.17) is 9.47 Å². The van der Waals surface area contributed by atoms with E-state index in [-0.39, 0.29) is 24.9 Å². The number of nitrogens with one attached hydrogen (secondary N) is 1. The van der Waals surface area contributed by atoms with Gasteiger partial charge in [-0.05, 0) is 42.0 Å². The van der Waals surface area contributed by atoms with Crippen LogP contribution in [0.2, 0.25) is 0 Å². The van der Waals surface area contributed by atoms with Crippen LogP contribution in [0.4, 0.5) is 10.1 Å². The van der Waals surface area contributed by atoms with E-state index in [9.17, 15) is 14.0 Å². The molecule has 0 aromatic heterocycles. The van der Waals surface area contributed by atoms with Crippen molar-refractivity contribution in [2.75, 3.05) is 11.9 Å². The lowest BCUT2D eigenvalue weighted by atomic mass is 10.1. The van der Waals surface area contributed by atoms with Gasteiger partial charge in [-0.1, -0.05) is 36.4 Å². The van der Waals surface area contributed by atoms with Crippen molar-refractivity contribution in [2.45, 2.75) is 6.61 Å². The molecule has 0 unspecified atom stereocenters. The van der Waals surface area contributed by atoms with Crippen LogP contribution in [0, 0.1) is 5.82 Å². The summed E-state index contributed by atoms with van der Waals surface area (Å²) in [7, 11) is 0. The highest BCUT2D eigenvalue weighted by Gasteiger charge is 2.08. The van der Waals surface area contributed by atoms with Crippen molar-refractivity contribution in [3.05, 3.63) is 95.8 Å². The van der Waals surface area contributed by atoms with E-state index in [0.29, 0.717) is 11.3 Å². The Morgan fingerprint density at radius 3 is 2.36 bits per heavy atom. The molecule has 1 amide bonds. The summed E-state index contributed by atoms with van der Waals surface area (Å²) in [6.07, 6.45) is 0. The van der Waals surface area contributed by atoms with E-state index in [0.717, 1.165) is 5.56 Å². The number of ether oxygens (including phenoxy) is 2. The van der Waals surface area contributed by atoms with Crippen LogP contribution < -0.4 is 10.1 Å². The number of carbonyl (C=O) groups is 2. The van der Waals surface area contributed by atoms with Gasteiger partial charge in [-0.2, -0.15) is 0 Å². The Morgan fingerprint density at radius 2 is 1.64 bits per heavy atom. The van der Waals surface area contributed by atoms with Gasteiger partial charge in [0, 0.05) is 17.3 Å². The highest BCUT2D eigenvalue weighted by Crippen LogP contribution is 2.13. The van der Waals surface area contributed by atoms with Gasteiger partial charge < -0.3 is 14.8 Å². The average Bonchev–Trinajstić information content (AvgIpc) is 2.72. The quantitative estimate of drug-likeness (QED) is 0.625. The number of carbonyl (C=O) groups excluding carboxylic acids is 2. The largest absolute Gasteiger partial charge is 0.482 e. The van der Waals surface area contributed by atoms with Crippen LogP contribution in [0.1, 0.15) is 15.9 Å². The maximum atomic E-state index is 13.0. The topological polar surface area (TPSA) is 64.6 Å². The fourth-order valence-corrected chi connectivity index (χ4v) is 2.38. The number of anilines is 1. The Bertz CT molecular complexity index is 942. The maximum absolute atomic E-state index is 13.0. The Labute approximate surface area is 161 Å². The summed E-state index contributed by atoms with van der Waals surface area (Å²) in [5.74, 6) is -0.985. The Kier molecular flexibility index (Phi) is 6.36. The van der Waals surface area contributed by atoms with Crippen LogP contribution in [0.3, 0.4) is 0 Å². The Balaban J connectivity index is 1.46. The Morgan fingerprint density at radius 1 is 0.893 bits per heavy atom. The minimum Gasteiger partial charge on any atom is -0.482 e. The van der Waals surface area contributed by atoms with Gasteiger partial charge >= 0.3 is 5.97 Å². The lowest BCUT2D eigenvalue weighted by Gasteiger charge is -2.08. The number of rotatable bonds is 7. The molecule has 0 fully saturated rings. The lowest BCUT2D eigenvalue weighted by molar-refractivity contribution is -0.147. The molecule has 0 bridgehead atoms. The third-order valence-electron chi connectivity index (χ3n) is 3.80. The molecule has 0 aliphatic carbocycles. The lowest BCUT2D eigenvalue weighted by Crippen LogP contribution is -2.15. The smallest absolute Gasteiger partial charge is 0.344 e. The summed E-state index contributed by atoms with van der Waals surface area (Å²) in [6, 6.07) is 21.4. The molecule has 3 aromatic rings. The van der Waals surface area contributed by atoms with E-state index in [1.807, 2.05) is 18.2 Å². The Hall–Kier alpha value is -3.67. The van der Waals surface area contributed by atoms with Crippen molar-refractivity contribution in [2.24, 2.45) is 0 Å². The van der Waals surface area contributed by atoms with Crippen LogP contribution in [-0.4, -0.2) is 18.5 Å². The summed E-state index contributed by atoms with van der Waals surface area (Å²) in [5, 5.41) is 2.80. The second-order valence-corrected chi connectivity index (χ2v) is 5.92. The number of esters is 1. The molecule has 0 aliphatic heterocycles. The predicted octanol–water partition coefficient (Wildman–Crippen LogP) is 4.20. The first kappa shape index (κ1) is 19.1. The molecule has 3 rings (SSSR count). The summed E-state index contributed by atoms with van der Waals surface area (Å²) < 4.78 is 23.3. The second kappa shape index (κ2) is 9.32. The van der Waals surface area contributed by atoms with E-state index in [2.05, 4.69) is 5.32 Å². The fourth-order valence-electron chi connectivity index (χ4n) is 2.38. The first-order valence-electron chi connectivity index (χ1n) is 8.59. The number of para-hydroxylation sites is 1. The molecule has 0 spiro atoms. The van der Waals surface area contributed by atoms with E-state index >= 15 is 0 Å². The molecule has 0 radical (unpaired) electrons. The van der Waals surface area contributed by atoms with E-state index in [1.165, 1.54) is 18.2 Å². The van der Waals surface area contributed by atoms with Gasteiger partial charge in [-0.15, -0.1) is 0 Å². The predicted molar refractivity (Wildman–Crippen MR) is 103 cm³/mol. The molecule has 28 heavy (non-hydrogen) atoms. The second-order valence-electron chi connectivity index (χ2n) is 5.92. The van der Waals surface area contributed by atoms with Crippen LogP contribution in [0.5, 0.6) is 5.75 Å². The van der Waals surface area contributed by atoms with Crippen molar-refractivity contribution in [1.29, 1.82) is 0 Å². The van der Waals surface area contributed by atoms with Gasteiger partial charge in [0.05, 0.1) is 0 Å². The van der Waals surface area contributed by atoms with Crippen LogP contribution in [0.25, 0.3) is 0 Å². The van der Waals surface area contributed by atoms with Crippen molar-refractivity contribution >= 4 is 17.6 Å². The third kappa shape index (κ3) is 5.67. The molecule has 0 heterocycles. The van der Waals surface area contributed by atoms with Gasteiger partial charge in [0.25, 0.3) is 5.91 Å². The van der Waals surface area contributed by atoms with Gasteiger partial charge in [-0.25, -0.2) is 9.18 Å². The van der Waals surface area contributed by atoms with Crippen LogP contribution in [0.15, 0.2) is 78.9 Å². The fraction of sp³-hybridized carbons (Fsp3) is 0.0909. The number of hydrogen-bond donors (Lipinski definition) is 1. The van der Waals surface area contributed by atoms with E-state index < -0.39 is 11.8 Å².